The summed E-state index contributed by atoms with van der Waals surface area (Å²) in [4.78, 5) is 36.1. The largest absolute Gasteiger partial charge is 0.481 e. The van der Waals surface area contributed by atoms with E-state index in [0.717, 1.165) is 6.42 Å². The molecule has 0 aromatic heterocycles. The van der Waals surface area contributed by atoms with Crippen LogP contribution in [0.4, 0.5) is 4.79 Å². The number of amides is 3. The second-order valence-electron chi connectivity index (χ2n) is 5.47. The van der Waals surface area contributed by atoms with E-state index in [-0.39, 0.29) is 18.5 Å². The highest BCUT2D eigenvalue weighted by Crippen LogP contribution is 2.30. The lowest BCUT2D eigenvalue weighted by Crippen LogP contribution is -2.53. The number of nitrogens with one attached hydrogen (secondary N) is 2. The first-order valence-corrected chi connectivity index (χ1v) is 6.49. The van der Waals surface area contributed by atoms with Crippen LogP contribution in [0.25, 0.3) is 0 Å². The van der Waals surface area contributed by atoms with Crippen molar-refractivity contribution < 1.29 is 19.5 Å². The highest BCUT2D eigenvalue weighted by Gasteiger charge is 2.42. The Balaban J connectivity index is 1.91. The minimum absolute atomic E-state index is 0.167. The number of hydrogen-bond donors (Lipinski definition) is 3. The summed E-state index contributed by atoms with van der Waals surface area (Å²) in [6.45, 7) is 2.87. The fourth-order valence-corrected chi connectivity index (χ4v) is 2.46. The maximum absolute atomic E-state index is 12.0. The van der Waals surface area contributed by atoms with E-state index < -0.39 is 17.4 Å². The summed E-state index contributed by atoms with van der Waals surface area (Å²) in [7, 11) is 0. The Kier molecular flexibility index (Phi) is 3.64. The van der Waals surface area contributed by atoms with Crippen LogP contribution in [0, 0.1) is 5.41 Å². The number of carboxylic acid groups (broad SMARTS) is 1. The average molecular weight is 269 g/mol. The molecule has 19 heavy (non-hydrogen) atoms. The number of carbonyl (C=O) groups excluding carboxylic acids is 2. The number of nitrogens with zero attached hydrogens (tertiary/aromatic N) is 1. The molecule has 0 saturated carbocycles. The summed E-state index contributed by atoms with van der Waals surface area (Å²) >= 11 is 0. The van der Waals surface area contributed by atoms with Crippen LogP contribution < -0.4 is 10.6 Å². The summed E-state index contributed by atoms with van der Waals surface area (Å²) in [6, 6.07) is -0.857. The third-order valence-electron chi connectivity index (χ3n) is 3.86. The molecule has 0 radical (unpaired) electrons. The van der Waals surface area contributed by atoms with Crippen molar-refractivity contribution in [3.05, 3.63) is 0 Å². The Labute approximate surface area is 111 Å². The smallest absolute Gasteiger partial charge is 0.318 e. The molecule has 0 aromatic carbocycles. The Morgan fingerprint density at radius 1 is 1.53 bits per heavy atom. The lowest BCUT2D eigenvalue weighted by atomic mass is 9.90. The number of urea groups is 1. The molecule has 2 aliphatic rings. The van der Waals surface area contributed by atoms with Crippen molar-refractivity contribution in [2.24, 2.45) is 5.41 Å². The van der Waals surface area contributed by atoms with Crippen molar-refractivity contribution >= 4 is 17.9 Å². The Bertz CT molecular complexity index is 412. The van der Waals surface area contributed by atoms with Crippen LogP contribution in [-0.4, -0.2) is 53.6 Å². The molecule has 3 N–H and O–H groups in total. The first-order chi connectivity index (χ1) is 8.92. The molecule has 2 heterocycles. The molecule has 0 spiro atoms. The fraction of sp³-hybridized carbons (Fsp3) is 0.750. The van der Waals surface area contributed by atoms with Crippen molar-refractivity contribution in [3.8, 4) is 0 Å². The lowest BCUT2D eigenvalue weighted by molar-refractivity contribution is -0.147. The van der Waals surface area contributed by atoms with Gasteiger partial charge in [-0.3, -0.25) is 9.59 Å². The zero-order valence-electron chi connectivity index (χ0n) is 10.9. The number of rotatable bonds is 2. The van der Waals surface area contributed by atoms with Crippen LogP contribution >= 0.6 is 0 Å². The van der Waals surface area contributed by atoms with E-state index in [1.807, 2.05) is 0 Å². The molecule has 3 amide bonds. The maximum atomic E-state index is 12.0. The molecule has 2 unspecified atom stereocenters. The number of hydrogen-bond acceptors (Lipinski definition) is 3. The van der Waals surface area contributed by atoms with E-state index in [4.69, 9.17) is 5.11 Å². The molecule has 7 heteroatoms. The zero-order valence-corrected chi connectivity index (χ0v) is 10.9. The normalized spacial score (nSPS) is 30.9. The van der Waals surface area contributed by atoms with Crippen LogP contribution in [0.2, 0.25) is 0 Å². The number of carbonyl (C=O) groups is 3. The number of piperidine rings is 1. The van der Waals surface area contributed by atoms with Crippen LogP contribution in [0.15, 0.2) is 0 Å². The van der Waals surface area contributed by atoms with Crippen molar-refractivity contribution in [3.63, 3.8) is 0 Å². The SMILES string of the molecule is CC1(C(=O)O)CCN(C(=O)NC2CCCNC2=O)C1. The van der Waals surface area contributed by atoms with Crippen molar-refractivity contribution in [1.82, 2.24) is 15.5 Å². The lowest BCUT2D eigenvalue weighted by Gasteiger charge is -2.26. The second kappa shape index (κ2) is 5.07. The molecule has 7 nitrogen and oxygen atoms in total. The Morgan fingerprint density at radius 2 is 2.26 bits per heavy atom. The third-order valence-corrected chi connectivity index (χ3v) is 3.86. The van der Waals surface area contributed by atoms with Gasteiger partial charge < -0.3 is 20.6 Å². The monoisotopic (exact) mass is 269 g/mol. The van der Waals surface area contributed by atoms with Gasteiger partial charge in [0.25, 0.3) is 0 Å². The van der Waals surface area contributed by atoms with Crippen LogP contribution in [0.5, 0.6) is 0 Å². The molecule has 0 aromatic rings. The zero-order chi connectivity index (χ0) is 14.0. The quantitative estimate of drug-likeness (QED) is 0.645. The summed E-state index contributed by atoms with van der Waals surface area (Å²) in [5.41, 5.74) is -0.883. The first-order valence-electron chi connectivity index (χ1n) is 6.49. The number of carboxylic acids is 1. The van der Waals surface area contributed by atoms with Gasteiger partial charge in [-0.2, -0.15) is 0 Å². The fourth-order valence-electron chi connectivity index (χ4n) is 2.46. The van der Waals surface area contributed by atoms with Crippen LogP contribution in [0.3, 0.4) is 0 Å². The standard InChI is InChI=1S/C12H19N3O4/c1-12(10(17)18)4-6-15(7-12)11(19)14-8-3-2-5-13-9(8)16/h8H,2-7H2,1H3,(H,13,16)(H,14,19)(H,17,18). The van der Waals surface area contributed by atoms with E-state index in [1.165, 1.54) is 4.90 Å². The van der Waals surface area contributed by atoms with E-state index in [0.29, 0.717) is 25.9 Å². The predicted octanol–water partition coefficient (Wildman–Crippen LogP) is -0.229. The Hall–Kier alpha value is -1.79. The molecular weight excluding hydrogens is 250 g/mol. The van der Waals surface area contributed by atoms with Gasteiger partial charge in [-0.15, -0.1) is 0 Å². The summed E-state index contributed by atoms with van der Waals surface area (Å²) in [6.07, 6.45) is 1.90. The molecule has 2 fully saturated rings. The molecule has 106 valence electrons. The van der Waals surface area contributed by atoms with Crippen LogP contribution in [0.1, 0.15) is 26.2 Å². The van der Waals surface area contributed by atoms with Gasteiger partial charge in [-0.25, -0.2) is 4.79 Å². The van der Waals surface area contributed by atoms with Gasteiger partial charge in [0, 0.05) is 19.6 Å². The van der Waals surface area contributed by atoms with Gasteiger partial charge in [-0.05, 0) is 26.2 Å². The second-order valence-corrected chi connectivity index (χ2v) is 5.47. The van der Waals surface area contributed by atoms with Gasteiger partial charge in [0.2, 0.25) is 5.91 Å². The summed E-state index contributed by atoms with van der Waals surface area (Å²) < 4.78 is 0. The van der Waals surface area contributed by atoms with Crippen molar-refractivity contribution in [2.45, 2.75) is 32.2 Å². The van der Waals surface area contributed by atoms with Gasteiger partial charge in [0.1, 0.15) is 6.04 Å². The third kappa shape index (κ3) is 2.80. The molecule has 2 aliphatic heterocycles. The van der Waals surface area contributed by atoms with Crippen molar-refractivity contribution in [1.29, 1.82) is 0 Å². The minimum atomic E-state index is -0.891. The summed E-state index contributed by atoms with van der Waals surface area (Å²) in [5, 5.41) is 14.5. The summed E-state index contributed by atoms with van der Waals surface area (Å²) in [5.74, 6) is -1.06. The molecule has 0 aliphatic carbocycles. The van der Waals surface area contributed by atoms with E-state index >= 15 is 0 Å². The van der Waals surface area contributed by atoms with E-state index in [2.05, 4.69) is 10.6 Å². The van der Waals surface area contributed by atoms with Gasteiger partial charge in [-0.1, -0.05) is 0 Å². The Morgan fingerprint density at radius 3 is 2.84 bits per heavy atom. The molecule has 2 saturated heterocycles. The molecule has 0 bridgehead atoms. The number of aliphatic carboxylic acids is 1. The molecular formula is C12H19N3O4. The first kappa shape index (κ1) is 13.6. The number of likely N-dealkylation sites (tertiary alicyclic amines) is 1. The van der Waals surface area contributed by atoms with Crippen molar-refractivity contribution in [2.75, 3.05) is 19.6 Å². The van der Waals surface area contributed by atoms with E-state index in [1.54, 1.807) is 6.92 Å². The maximum Gasteiger partial charge on any atom is 0.318 e. The minimum Gasteiger partial charge on any atom is -0.481 e. The average Bonchev–Trinajstić information content (AvgIpc) is 2.76. The van der Waals surface area contributed by atoms with E-state index in [9.17, 15) is 14.4 Å². The van der Waals surface area contributed by atoms with Gasteiger partial charge in [0.15, 0.2) is 0 Å². The van der Waals surface area contributed by atoms with Gasteiger partial charge >= 0.3 is 12.0 Å². The molecule has 2 rings (SSSR count). The van der Waals surface area contributed by atoms with Crippen LogP contribution in [-0.2, 0) is 9.59 Å². The highest BCUT2D eigenvalue weighted by atomic mass is 16.4. The van der Waals surface area contributed by atoms with Gasteiger partial charge in [0.05, 0.1) is 5.41 Å². The highest BCUT2D eigenvalue weighted by molar-refractivity contribution is 5.88. The predicted molar refractivity (Wildman–Crippen MR) is 66.5 cm³/mol. The molecule has 2 atom stereocenters. The topological polar surface area (TPSA) is 98.7 Å².